The van der Waals surface area contributed by atoms with Gasteiger partial charge in [-0.2, -0.15) is 0 Å². The predicted octanol–water partition coefficient (Wildman–Crippen LogP) is 12.0. The van der Waals surface area contributed by atoms with Crippen LogP contribution in [0, 0.1) is 0 Å². The lowest BCUT2D eigenvalue weighted by molar-refractivity contribution is 0.813. The fourth-order valence-electron chi connectivity index (χ4n) is 7.02. The second kappa shape index (κ2) is 12.9. The maximum atomic E-state index is 5.23. The van der Waals surface area contributed by atoms with Gasteiger partial charge in [-0.15, -0.1) is 0 Å². The molecule has 0 spiro atoms. The number of nitrogens with zero attached hydrogens (tertiary/aromatic N) is 3. The fourth-order valence-corrected chi connectivity index (χ4v) is 7.02. The van der Waals surface area contributed by atoms with Crippen molar-refractivity contribution in [2.75, 3.05) is 0 Å². The topological polar surface area (TPSA) is 38.7 Å². The Kier molecular flexibility index (Phi) is 7.64. The Balaban J connectivity index is 1.11. The molecule has 0 saturated carbocycles. The molecule has 0 saturated heterocycles. The van der Waals surface area contributed by atoms with Crippen molar-refractivity contribution in [3.05, 3.63) is 194 Å². The minimum Gasteiger partial charge on any atom is -0.264 e. The van der Waals surface area contributed by atoms with Gasteiger partial charge in [0, 0.05) is 29.4 Å². The summed E-state index contributed by atoms with van der Waals surface area (Å²) < 4.78 is 0. The first kappa shape index (κ1) is 29.7. The van der Waals surface area contributed by atoms with Crippen LogP contribution in [0.3, 0.4) is 0 Å². The van der Waals surface area contributed by atoms with E-state index in [-0.39, 0.29) is 5.92 Å². The molecule has 3 heteroatoms. The molecule has 1 aliphatic rings. The van der Waals surface area contributed by atoms with Gasteiger partial charge in [0.25, 0.3) is 0 Å². The van der Waals surface area contributed by atoms with Gasteiger partial charge in [0.2, 0.25) is 0 Å². The lowest BCUT2D eigenvalue weighted by Crippen LogP contribution is -2.05. The van der Waals surface area contributed by atoms with Crippen molar-refractivity contribution in [1.82, 2.24) is 15.0 Å². The number of benzene rings is 6. The van der Waals surface area contributed by atoms with Gasteiger partial charge in [-0.05, 0) is 85.6 Å². The molecule has 0 radical (unpaired) electrons. The SMILES string of the molecule is C1=CC(c2cc(-c3ccc(-c4cccc5ccccc45)cc3)nc(-c3cccc(-c4ccc5ccccc5c4)c3)n2)CC=C1c1cccnc1. The van der Waals surface area contributed by atoms with Crippen molar-refractivity contribution in [2.24, 2.45) is 0 Å². The van der Waals surface area contributed by atoms with E-state index < -0.39 is 0 Å². The summed E-state index contributed by atoms with van der Waals surface area (Å²) in [6.07, 6.45) is 11.4. The van der Waals surface area contributed by atoms with Crippen LogP contribution in [0.4, 0.5) is 0 Å². The van der Waals surface area contributed by atoms with Gasteiger partial charge in [0.1, 0.15) is 0 Å². The zero-order chi connectivity index (χ0) is 33.3. The molecule has 1 unspecified atom stereocenters. The summed E-state index contributed by atoms with van der Waals surface area (Å²) in [6.45, 7) is 0. The highest BCUT2D eigenvalue weighted by molar-refractivity contribution is 5.97. The zero-order valence-electron chi connectivity index (χ0n) is 27.4. The molecular formula is C47H33N3. The van der Waals surface area contributed by atoms with E-state index in [1.54, 1.807) is 0 Å². The van der Waals surface area contributed by atoms with Crippen LogP contribution in [0.5, 0.6) is 0 Å². The molecule has 2 heterocycles. The number of fused-ring (bicyclic) bond motifs is 2. The number of hydrogen-bond acceptors (Lipinski definition) is 3. The van der Waals surface area contributed by atoms with E-state index in [4.69, 9.17) is 9.97 Å². The molecule has 1 aliphatic carbocycles. The molecule has 3 nitrogen and oxygen atoms in total. The normalized spacial score (nSPS) is 14.2. The van der Waals surface area contributed by atoms with E-state index in [1.807, 2.05) is 18.5 Å². The third kappa shape index (κ3) is 5.80. The molecule has 0 fully saturated rings. The first-order valence-electron chi connectivity index (χ1n) is 17.1. The predicted molar refractivity (Wildman–Crippen MR) is 207 cm³/mol. The standard InChI is InChI=1S/C47H33N3/c1-2-10-38-28-40(26-19-32(38)8-1)39-12-5-13-41(29-39)47-49-45(36-22-17-33(18-23-36)42-14-7-27-48-31-42)30-46(50-47)37-24-20-35(21-25-37)44-16-6-11-34-9-3-4-15-43(34)44/h1-22,24-31,36H,23H2. The van der Waals surface area contributed by atoms with Gasteiger partial charge < -0.3 is 0 Å². The Morgan fingerprint density at radius 2 is 1.22 bits per heavy atom. The van der Waals surface area contributed by atoms with E-state index in [1.165, 1.54) is 43.8 Å². The van der Waals surface area contributed by atoms with E-state index in [0.717, 1.165) is 45.9 Å². The maximum absolute atomic E-state index is 5.23. The highest BCUT2D eigenvalue weighted by atomic mass is 14.9. The van der Waals surface area contributed by atoms with Crippen molar-refractivity contribution in [3.8, 4) is 44.9 Å². The monoisotopic (exact) mass is 639 g/mol. The van der Waals surface area contributed by atoms with E-state index in [9.17, 15) is 0 Å². The van der Waals surface area contributed by atoms with E-state index >= 15 is 0 Å². The highest BCUT2D eigenvalue weighted by Crippen LogP contribution is 2.35. The fraction of sp³-hybridized carbons (Fsp3) is 0.0426. The van der Waals surface area contributed by atoms with Gasteiger partial charge in [-0.3, -0.25) is 4.98 Å². The summed E-state index contributed by atoms with van der Waals surface area (Å²) in [7, 11) is 0. The highest BCUT2D eigenvalue weighted by Gasteiger charge is 2.18. The molecule has 6 aromatic carbocycles. The summed E-state index contributed by atoms with van der Waals surface area (Å²) in [4.78, 5) is 14.8. The quantitative estimate of drug-likeness (QED) is 0.182. The number of pyridine rings is 1. The summed E-state index contributed by atoms with van der Waals surface area (Å²) in [6, 6.07) is 53.9. The molecule has 0 amide bonds. The Hall–Kier alpha value is -6.45. The van der Waals surface area contributed by atoms with Crippen LogP contribution in [0.25, 0.3) is 72.0 Å². The third-order valence-corrected chi connectivity index (χ3v) is 9.71. The molecule has 9 rings (SSSR count). The average Bonchev–Trinajstić information content (AvgIpc) is 3.21. The molecule has 2 aromatic heterocycles. The zero-order valence-corrected chi connectivity index (χ0v) is 27.4. The lowest BCUT2D eigenvalue weighted by atomic mass is 9.90. The van der Waals surface area contributed by atoms with Crippen LogP contribution in [0.2, 0.25) is 0 Å². The van der Waals surface area contributed by atoms with Gasteiger partial charge in [-0.25, -0.2) is 9.97 Å². The van der Waals surface area contributed by atoms with Crippen molar-refractivity contribution < 1.29 is 0 Å². The molecule has 236 valence electrons. The van der Waals surface area contributed by atoms with Gasteiger partial charge in [0.15, 0.2) is 5.82 Å². The second-order valence-electron chi connectivity index (χ2n) is 12.9. The molecule has 8 aromatic rings. The number of rotatable bonds is 6. The average molecular weight is 640 g/mol. The summed E-state index contributed by atoms with van der Waals surface area (Å²) in [5, 5.41) is 4.96. The number of aromatic nitrogens is 3. The molecule has 1 atom stereocenters. The largest absolute Gasteiger partial charge is 0.264 e. The summed E-state index contributed by atoms with van der Waals surface area (Å²) in [5.41, 5.74) is 11.0. The number of allylic oxidation sites excluding steroid dienone is 4. The number of hydrogen-bond donors (Lipinski definition) is 0. The third-order valence-electron chi connectivity index (χ3n) is 9.71. The Morgan fingerprint density at radius 1 is 0.500 bits per heavy atom. The minimum absolute atomic E-state index is 0.134. The van der Waals surface area contributed by atoms with Gasteiger partial charge in [0.05, 0.1) is 11.4 Å². The molecule has 50 heavy (non-hydrogen) atoms. The van der Waals surface area contributed by atoms with Crippen molar-refractivity contribution in [1.29, 1.82) is 0 Å². The Morgan fingerprint density at radius 3 is 2.06 bits per heavy atom. The van der Waals surface area contributed by atoms with Crippen molar-refractivity contribution in [3.63, 3.8) is 0 Å². The van der Waals surface area contributed by atoms with Crippen LogP contribution in [-0.4, -0.2) is 15.0 Å². The Bertz CT molecular complexity index is 2560. The lowest BCUT2D eigenvalue weighted by Gasteiger charge is -2.18. The minimum atomic E-state index is 0.134. The smallest absolute Gasteiger partial charge is 0.160 e. The maximum Gasteiger partial charge on any atom is 0.160 e. The molecule has 0 bridgehead atoms. The van der Waals surface area contributed by atoms with Gasteiger partial charge in [-0.1, -0.05) is 146 Å². The Labute approximate surface area is 292 Å². The summed E-state index contributed by atoms with van der Waals surface area (Å²) in [5.74, 6) is 0.864. The van der Waals surface area contributed by atoms with Crippen LogP contribution in [0.15, 0.2) is 182 Å². The first-order valence-corrected chi connectivity index (χ1v) is 17.1. The second-order valence-corrected chi connectivity index (χ2v) is 12.9. The first-order chi connectivity index (χ1) is 24.7. The summed E-state index contributed by atoms with van der Waals surface area (Å²) >= 11 is 0. The van der Waals surface area contributed by atoms with Crippen molar-refractivity contribution in [2.45, 2.75) is 12.3 Å². The van der Waals surface area contributed by atoms with E-state index in [2.05, 4.69) is 169 Å². The van der Waals surface area contributed by atoms with Crippen LogP contribution in [-0.2, 0) is 0 Å². The van der Waals surface area contributed by atoms with Gasteiger partial charge >= 0.3 is 0 Å². The molecule has 0 aliphatic heterocycles. The van der Waals surface area contributed by atoms with Crippen LogP contribution in [0.1, 0.15) is 23.6 Å². The molecule has 0 N–H and O–H groups in total. The van der Waals surface area contributed by atoms with E-state index in [0.29, 0.717) is 0 Å². The van der Waals surface area contributed by atoms with Crippen LogP contribution >= 0.6 is 0 Å². The van der Waals surface area contributed by atoms with Crippen molar-refractivity contribution >= 4 is 27.1 Å². The van der Waals surface area contributed by atoms with Crippen LogP contribution < -0.4 is 0 Å². The molecular weight excluding hydrogens is 607 g/mol.